The number of amides is 12. The Balaban J connectivity index is 0.912. The summed E-state index contributed by atoms with van der Waals surface area (Å²) in [7, 11) is 10.1. The number of ether oxygens (including phenoxy) is 5. The number of nitrogens with two attached hydrogens (primary N) is 1. The quantitative estimate of drug-likeness (QED) is 0.0109. The standard InChI is InChI=1S/C95H128ClN13O21S4/c1-13-98-91(123)103-67(45-58-26-16-14-17-27-58)85(117)101-69-52-132-133-53-70(102-88(120)80(57(5)110)104-84(116)66(30-20-21-39-97)99-86(118)68(48-62-35-34-61-28-18-19-29-65(61)62)100-83(115)63(49-72(69)112)44-59-32-36-64(111)37-33-59)87(119)105-81(89(121)109-40-22-15-23-41-109)93(6,7)134-131-42-38-77(113)107(9)56(4)90(122)129-76-50-78(114)108(10)71-46-60(47-73(126-11)79(71)96)43-54(2)25-24-31-75(127-12)95(125)51-74(128-92(124)106-95)55(3)82-94(76,8)130-82/h14,16-19,24-29,31-33,35-37,46-47,55-57,63,66-70,74-76,80-82,110-111,125H,13,15,20-23,30,34,38-45,48-53,97H2,1-12H3,(H,99,118)(H,100,115)(H,101,117)(H,102,120)(H,104,116)(H,105,119)(H,106,124)(H2,98,103,123)/b31-24+,54-25+/t55-,56+,57-,63-,66+,67-,68-,69+,70+,74+,75-,76+,80+,81-,82+,94+,95+/m1/s1. The monoisotopic (exact) mass is 1950 g/mol. The van der Waals surface area contributed by atoms with Crippen molar-refractivity contribution in [1.29, 1.82) is 0 Å². The number of epoxide rings is 1. The van der Waals surface area contributed by atoms with Crippen molar-refractivity contribution in [2.24, 2.45) is 17.6 Å². The normalized spacial score (nSPS) is 26.3. The number of fused-ring (bicyclic) bond motifs is 6. The minimum atomic E-state index is -1.96. The lowest BCUT2D eigenvalue weighted by Gasteiger charge is -2.42. The number of nitrogens with zero attached hydrogens (tertiary/aromatic N) is 3. The summed E-state index contributed by atoms with van der Waals surface area (Å²) in [4.78, 5) is 197. The predicted molar refractivity (Wildman–Crippen MR) is 515 cm³/mol. The van der Waals surface area contributed by atoms with Crippen molar-refractivity contribution < 1.29 is 101 Å². The number of benzene rings is 4. The minimum Gasteiger partial charge on any atom is -0.508 e. The van der Waals surface area contributed by atoms with Gasteiger partial charge in [-0.05, 0) is 170 Å². The van der Waals surface area contributed by atoms with Crippen molar-refractivity contribution in [2.75, 3.05) is 76.7 Å². The number of urea groups is 1. The summed E-state index contributed by atoms with van der Waals surface area (Å²) in [6.45, 7) is 14.2. The van der Waals surface area contributed by atoms with Gasteiger partial charge in [-0.2, -0.15) is 0 Å². The molecule has 34 nitrogen and oxygen atoms in total. The number of likely N-dealkylation sites (tertiary alicyclic amines) is 1. The van der Waals surface area contributed by atoms with Gasteiger partial charge in [0.1, 0.15) is 82.7 Å². The van der Waals surface area contributed by atoms with E-state index < -0.39 is 197 Å². The lowest BCUT2D eigenvalue weighted by molar-refractivity contribution is -0.162. The predicted octanol–water partition coefficient (Wildman–Crippen LogP) is 7.37. The molecule has 0 spiro atoms. The van der Waals surface area contributed by atoms with Gasteiger partial charge in [-0.15, -0.1) is 0 Å². The second-order valence-electron chi connectivity index (χ2n) is 35.6. The van der Waals surface area contributed by atoms with Gasteiger partial charge in [-0.3, -0.25) is 53.3 Å². The lowest BCUT2D eigenvalue weighted by atomic mass is 9.83. The van der Waals surface area contributed by atoms with E-state index in [1.807, 2.05) is 43.3 Å². The molecule has 0 unspecified atom stereocenters. The number of rotatable bonds is 29. The van der Waals surface area contributed by atoms with Gasteiger partial charge in [0.05, 0.1) is 37.5 Å². The third-order valence-electron chi connectivity index (χ3n) is 25.1. The number of aromatic hydroxyl groups is 1. The number of aliphatic hydroxyl groups excluding tert-OH is 1. The topological polar surface area (TPSA) is 476 Å². The number of likely N-dealkylation sites (N-methyl/N-ethyl adjacent to an activating group) is 1. The number of methoxy groups -OCH3 is 2. The Bertz CT molecular complexity index is 4950. The van der Waals surface area contributed by atoms with Crippen LogP contribution in [-0.4, -0.2) is 269 Å². The number of phenolic OH excluding ortho intramolecular Hbond substituents is 1. The fourth-order valence-corrected chi connectivity index (χ4v) is 22.2. The summed E-state index contributed by atoms with van der Waals surface area (Å²) in [6.07, 6.45) is 2.18. The van der Waals surface area contributed by atoms with Gasteiger partial charge in [-0.25, -0.2) is 14.4 Å². The van der Waals surface area contributed by atoms with Crippen molar-refractivity contribution in [2.45, 2.75) is 247 Å². The molecule has 0 saturated carbocycles. The van der Waals surface area contributed by atoms with Crippen LogP contribution in [0.3, 0.4) is 0 Å². The third-order valence-corrected chi connectivity index (χ3v) is 31.2. The number of nitrogens with one attached hydrogen (secondary N) is 9. The molecule has 0 radical (unpaired) electrons. The number of hydrogen-bond donors (Lipinski definition) is 13. The molecule has 39 heteroatoms. The fraction of sp³-hybridized carbons (Fsp3) is 0.547. The maximum atomic E-state index is 15.7. The fourth-order valence-electron chi connectivity index (χ4n) is 16.9. The van der Waals surface area contributed by atoms with Crippen LogP contribution in [0.2, 0.25) is 5.02 Å². The molecule has 12 amide bonds. The second kappa shape index (κ2) is 49.2. The number of phenols is 1. The maximum absolute atomic E-state index is 15.7. The van der Waals surface area contributed by atoms with Crippen molar-refractivity contribution >= 4 is 143 Å². The zero-order valence-electron chi connectivity index (χ0n) is 77.8. The Kier molecular flexibility index (Phi) is 39.0. The summed E-state index contributed by atoms with van der Waals surface area (Å²) in [5.74, 6) is -10.7. The molecule has 17 atom stereocenters. The number of allylic oxidation sites excluding steroid dienone is 4. The number of carbonyl (C=O) groups excluding carboxylic acids is 13. The summed E-state index contributed by atoms with van der Waals surface area (Å²) >= 11 is 6.95. The number of esters is 1. The Morgan fingerprint density at radius 1 is 0.843 bits per heavy atom. The van der Waals surface area contributed by atoms with E-state index in [0.29, 0.717) is 67.6 Å². The summed E-state index contributed by atoms with van der Waals surface area (Å²) in [5, 5.41) is 59.1. The molecule has 10 rings (SSSR count). The molecule has 4 bridgehead atoms. The average molecular weight is 1950 g/mol. The van der Waals surface area contributed by atoms with Gasteiger partial charge in [0.2, 0.25) is 53.2 Å². The molecule has 6 aliphatic rings. The van der Waals surface area contributed by atoms with Crippen LogP contribution in [0.5, 0.6) is 11.5 Å². The highest BCUT2D eigenvalue weighted by Crippen LogP contribution is 2.50. The molecule has 4 aromatic carbocycles. The van der Waals surface area contributed by atoms with Gasteiger partial charge >= 0.3 is 18.1 Å². The third kappa shape index (κ3) is 28.6. The van der Waals surface area contributed by atoms with Crippen LogP contribution in [0.1, 0.15) is 154 Å². The van der Waals surface area contributed by atoms with E-state index in [2.05, 4.69) is 47.9 Å². The number of Topliss-reactive ketones (excluding diaryl/α,β-unsaturated/α-hetero) is 1. The molecule has 5 heterocycles. The van der Waals surface area contributed by atoms with Crippen LogP contribution in [-0.2, 0) is 97.4 Å². The van der Waals surface area contributed by atoms with Gasteiger partial charge in [0.25, 0.3) is 0 Å². The lowest BCUT2D eigenvalue weighted by Crippen LogP contribution is -2.63. The number of ketones is 1. The average Bonchev–Trinajstić information content (AvgIpc) is 1.57. The van der Waals surface area contributed by atoms with Gasteiger partial charge in [-0.1, -0.05) is 158 Å². The minimum absolute atomic E-state index is 0.0311. The van der Waals surface area contributed by atoms with E-state index in [1.54, 1.807) is 106 Å². The van der Waals surface area contributed by atoms with Crippen LogP contribution in [0.15, 0.2) is 121 Å². The highest BCUT2D eigenvalue weighted by atomic mass is 35.5. The highest BCUT2D eigenvalue weighted by Gasteiger charge is 2.65. The van der Waals surface area contributed by atoms with Crippen LogP contribution in [0.4, 0.5) is 15.3 Å². The molecule has 1 aliphatic carbocycles. The van der Waals surface area contributed by atoms with Crippen molar-refractivity contribution in [3.63, 3.8) is 0 Å². The number of unbranched alkanes of at least 4 members (excludes halogenated alkanes) is 1. The molecule has 4 saturated heterocycles. The van der Waals surface area contributed by atoms with Crippen LogP contribution >= 0.6 is 54.8 Å². The van der Waals surface area contributed by atoms with E-state index >= 15 is 28.8 Å². The molecular weight excluding hydrogens is 1820 g/mol. The zero-order chi connectivity index (χ0) is 97.5. The number of anilines is 1. The van der Waals surface area contributed by atoms with Gasteiger partial charge in [0.15, 0.2) is 11.5 Å². The molecular formula is C95H128ClN13O21S4. The Morgan fingerprint density at radius 3 is 2.23 bits per heavy atom. The number of carbonyl (C=O) groups is 13. The summed E-state index contributed by atoms with van der Waals surface area (Å²) in [6, 6.07) is 13.4. The van der Waals surface area contributed by atoms with Crippen molar-refractivity contribution in [1.82, 2.24) is 57.7 Å². The van der Waals surface area contributed by atoms with E-state index in [-0.39, 0.29) is 91.8 Å². The molecule has 14 N–H and O–H groups in total. The van der Waals surface area contributed by atoms with Crippen LogP contribution in [0, 0.1) is 11.8 Å². The van der Waals surface area contributed by atoms with Crippen LogP contribution in [0.25, 0.3) is 5.57 Å². The molecule has 4 fully saturated rings. The van der Waals surface area contributed by atoms with E-state index in [9.17, 15) is 48.9 Å². The first-order valence-corrected chi connectivity index (χ1v) is 50.5. The first-order chi connectivity index (χ1) is 63.8. The van der Waals surface area contributed by atoms with Crippen LogP contribution < -0.4 is 63.2 Å². The first kappa shape index (κ1) is 106. The Morgan fingerprint density at radius 2 is 1.54 bits per heavy atom. The molecule has 4 aromatic rings. The first-order valence-electron chi connectivity index (χ1n) is 45.3. The summed E-state index contributed by atoms with van der Waals surface area (Å²) in [5.41, 5.74) is 8.09. The Hall–Kier alpha value is -9.90. The van der Waals surface area contributed by atoms with E-state index in [1.165, 1.54) is 85.7 Å². The molecule has 5 aliphatic heterocycles. The van der Waals surface area contributed by atoms with E-state index in [0.717, 1.165) is 50.3 Å². The number of alkyl carbamates (subject to hydrolysis) is 1. The van der Waals surface area contributed by atoms with Crippen molar-refractivity contribution in [3.8, 4) is 11.5 Å². The molecule has 730 valence electrons. The number of aliphatic hydroxyl groups is 2. The summed E-state index contributed by atoms with van der Waals surface area (Å²) < 4.78 is 28.7. The zero-order valence-corrected chi connectivity index (χ0v) is 81.8. The molecule has 0 aromatic heterocycles. The van der Waals surface area contributed by atoms with Crippen molar-refractivity contribution in [3.05, 3.63) is 154 Å². The second-order valence-corrected chi connectivity index (χ2v) is 41.6. The van der Waals surface area contributed by atoms with E-state index in [4.69, 9.17) is 41.0 Å². The SMILES string of the molecule is CCNC(=O)N[C@H](Cc1ccccc1)C(=O)N[C@H]1CSSC[C@@H](C(=O)N[C@H](C(=O)N2CCCCC2)C(C)(C)SSCCC(=O)N(C)[C@@H](C)C(=O)O[C@H]2CC(=O)N(C)c3cc(cc(OC)c3Cl)C/C(C)=C/C=C/[C@@H](OC)[C@@]3(O)C[C@H](OC(=O)N3)[C@@H](C)[C@@H]3O[C@@]23C)NC(=O)[C@H]([C@@H](C)O)NC(=O)[C@H](CCCCN)NC(=O)[C@@H](CC2=CCc3ccccc32)NC(=O)[C@H](Cc2ccc(O)cc2)CC1=O. The number of piperidine rings is 1. The van der Waals surface area contributed by atoms with Gasteiger partial charge in [0, 0.05) is 107 Å². The smallest absolute Gasteiger partial charge is 0.409 e. The number of hydrogen-bond acceptors (Lipinski definition) is 26. The number of halogens is 1. The largest absolute Gasteiger partial charge is 0.508 e. The maximum Gasteiger partial charge on any atom is 0.409 e. The molecule has 134 heavy (non-hydrogen) atoms. The van der Waals surface area contributed by atoms with Gasteiger partial charge < -0.3 is 102 Å². The highest BCUT2D eigenvalue weighted by molar-refractivity contribution is 8.77. The Labute approximate surface area is 803 Å².